The van der Waals surface area contributed by atoms with E-state index in [1.54, 1.807) is 10.6 Å². The maximum Gasteiger partial charge on any atom is 0.319 e. The van der Waals surface area contributed by atoms with Crippen molar-refractivity contribution < 1.29 is 9.53 Å². The maximum absolute atomic E-state index is 12.9. The molecule has 1 aromatic heterocycles. The lowest BCUT2D eigenvalue weighted by Crippen LogP contribution is -2.26. The number of hydrogen-bond acceptors (Lipinski definition) is 5. The van der Waals surface area contributed by atoms with Crippen LogP contribution in [0.3, 0.4) is 0 Å². The lowest BCUT2D eigenvalue weighted by Gasteiger charge is -2.16. The Morgan fingerprint density at radius 2 is 2.22 bits per heavy atom. The molecule has 1 aliphatic heterocycles. The Kier molecular flexibility index (Phi) is 4.77. The van der Waals surface area contributed by atoms with Crippen molar-refractivity contribution in [2.24, 2.45) is 5.92 Å². The molecule has 0 saturated carbocycles. The highest BCUT2D eigenvalue weighted by Crippen LogP contribution is 2.29. The minimum absolute atomic E-state index is 0.0705. The number of hydrogen-bond donors (Lipinski definition) is 0. The summed E-state index contributed by atoms with van der Waals surface area (Å²) < 4.78 is 7.53. The van der Waals surface area contributed by atoms with Gasteiger partial charge in [-0.25, -0.2) is 4.98 Å². The number of halogens is 1. The normalized spacial score (nSPS) is 17.9. The van der Waals surface area contributed by atoms with Gasteiger partial charge in [-0.3, -0.25) is 14.2 Å². The molecule has 0 bridgehead atoms. The molecule has 2 heterocycles. The van der Waals surface area contributed by atoms with Gasteiger partial charge in [0.15, 0.2) is 5.16 Å². The predicted molar refractivity (Wildman–Crippen MR) is 93.8 cm³/mol. The molecule has 0 radical (unpaired) electrons. The van der Waals surface area contributed by atoms with Gasteiger partial charge in [0.25, 0.3) is 5.56 Å². The van der Waals surface area contributed by atoms with Crippen LogP contribution in [0.5, 0.6) is 0 Å². The number of benzene rings is 1. The SMILES string of the molecule is CC(C)Cn1c(S[C@H]2CCOC2=O)nc2ccc(Br)cc2c1=O. The van der Waals surface area contributed by atoms with Gasteiger partial charge >= 0.3 is 5.97 Å². The zero-order chi connectivity index (χ0) is 16.6. The van der Waals surface area contributed by atoms with Gasteiger partial charge in [-0.2, -0.15) is 0 Å². The lowest BCUT2D eigenvalue weighted by molar-refractivity contribution is -0.137. The first kappa shape index (κ1) is 16.5. The standard InChI is InChI=1S/C16H17BrN2O3S/c1-9(2)8-19-14(20)11-7-10(17)3-4-12(11)18-16(19)23-13-5-6-22-15(13)21/h3-4,7,9,13H,5-6,8H2,1-2H3/t13-/m0/s1. The molecule has 0 N–H and O–H groups in total. The van der Waals surface area contributed by atoms with Crippen LogP contribution in [0.15, 0.2) is 32.6 Å². The quantitative estimate of drug-likeness (QED) is 0.586. The van der Waals surface area contributed by atoms with Crippen LogP contribution >= 0.6 is 27.7 Å². The van der Waals surface area contributed by atoms with Gasteiger partial charge in [0.1, 0.15) is 5.25 Å². The molecule has 5 nitrogen and oxygen atoms in total. The Balaban J connectivity index is 2.12. The molecule has 1 atom stereocenters. The number of fused-ring (bicyclic) bond motifs is 1. The van der Waals surface area contributed by atoms with Crippen LogP contribution in [-0.2, 0) is 16.1 Å². The maximum atomic E-state index is 12.9. The summed E-state index contributed by atoms with van der Waals surface area (Å²) in [4.78, 5) is 29.2. The third-order valence-corrected chi connectivity index (χ3v) is 5.29. The molecule has 7 heteroatoms. The van der Waals surface area contributed by atoms with E-state index in [2.05, 4.69) is 34.8 Å². The van der Waals surface area contributed by atoms with Crippen molar-refractivity contribution in [1.29, 1.82) is 0 Å². The Labute approximate surface area is 146 Å². The smallest absolute Gasteiger partial charge is 0.319 e. The summed E-state index contributed by atoms with van der Waals surface area (Å²) in [6.07, 6.45) is 0.652. The highest BCUT2D eigenvalue weighted by atomic mass is 79.9. The highest BCUT2D eigenvalue weighted by molar-refractivity contribution is 9.10. The number of nitrogens with zero attached hydrogens (tertiary/aromatic N) is 2. The number of aromatic nitrogens is 2. The molecule has 0 unspecified atom stereocenters. The van der Waals surface area contributed by atoms with Crippen LogP contribution in [0.2, 0.25) is 0 Å². The number of carbonyl (C=O) groups excluding carboxylic acids is 1. The van der Waals surface area contributed by atoms with Gasteiger partial charge in [0.05, 0.1) is 17.5 Å². The molecule has 1 fully saturated rings. The van der Waals surface area contributed by atoms with Gasteiger partial charge in [-0.05, 0) is 24.1 Å². The second kappa shape index (κ2) is 6.65. The Morgan fingerprint density at radius 1 is 1.43 bits per heavy atom. The van der Waals surface area contributed by atoms with Crippen molar-refractivity contribution in [3.8, 4) is 0 Å². The first-order valence-electron chi connectivity index (χ1n) is 7.49. The molecular formula is C16H17BrN2O3S. The Hall–Kier alpha value is -1.34. The number of esters is 1. The summed E-state index contributed by atoms with van der Waals surface area (Å²) in [6, 6.07) is 5.47. The van der Waals surface area contributed by atoms with E-state index in [9.17, 15) is 9.59 Å². The van der Waals surface area contributed by atoms with Gasteiger partial charge in [0, 0.05) is 17.4 Å². The first-order valence-corrected chi connectivity index (χ1v) is 9.16. The summed E-state index contributed by atoms with van der Waals surface area (Å²) in [5, 5.41) is 0.883. The van der Waals surface area contributed by atoms with Crippen molar-refractivity contribution in [2.45, 2.75) is 37.2 Å². The van der Waals surface area contributed by atoms with Crippen LogP contribution < -0.4 is 5.56 Å². The zero-order valence-corrected chi connectivity index (χ0v) is 15.3. The average molecular weight is 397 g/mol. The molecule has 122 valence electrons. The molecule has 3 rings (SSSR count). The van der Waals surface area contributed by atoms with Crippen molar-refractivity contribution >= 4 is 44.6 Å². The van der Waals surface area contributed by atoms with E-state index in [4.69, 9.17) is 4.74 Å². The topological polar surface area (TPSA) is 61.2 Å². The third kappa shape index (κ3) is 3.45. The molecule has 23 heavy (non-hydrogen) atoms. The van der Waals surface area contributed by atoms with E-state index in [0.717, 1.165) is 4.47 Å². The number of cyclic esters (lactones) is 1. The van der Waals surface area contributed by atoms with E-state index in [0.29, 0.717) is 41.5 Å². The van der Waals surface area contributed by atoms with E-state index < -0.39 is 0 Å². The molecule has 1 aliphatic rings. The molecule has 0 amide bonds. The first-order chi connectivity index (χ1) is 11.0. The van der Waals surface area contributed by atoms with E-state index >= 15 is 0 Å². The molecule has 1 saturated heterocycles. The van der Waals surface area contributed by atoms with Crippen molar-refractivity contribution in [1.82, 2.24) is 9.55 Å². The number of carbonyl (C=O) groups is 1. The van der Waals surface area contributed by atoms with Crippen molar-refractivity contribution in [3.05, 3.63) is 33.0 Å². The monoisotopic (exact) mass is 396 g/mol. The largest absolute Gasteiger partial charge is 0.465 e. The van der Waals surface area contributed by atoms with Crippen LogP contribution in [-0.4, -0.2) is 27.4 Å². The lowest BCUT2D eigenvalue weighted by atomic mass is 10.2. The summed E-state index contributed by atoms with van der Waals surface area (Å²) in [5.74, 6) is 0.0743. The van der Waals surface area contributed by atoms with Crippen LogP contribution in [0, 0.1) is 5.92 Å². The number of rotatable bonds is 4. The fourth-order valence-corrected chi connectivity index (χ4v) is 3.93. The average Bonchev–Trinajstić information content (AvgIpc) is 2.89. The molecule has 1 aromatic carbocycles. The highest BCUT2D eigenvalue weighted by Gasteiger charge is 2.29. The summed E-state index contributed by atoms with van der Waals surface area (Å²) in [6.45, 7) is 5.11. The minimum Gasteiger partial charge on any atom is -0.465 e. The van der Waals surface area contributed by atoms with Crippen molar-refractivity contribution in [3.63, 3.8) is 0 Å². The van der Waals surface area contributed by atoms with Gasteiger partial charge < -0.3 is 4.74 Å². The second-order valence-corrected chi connectivity index (χ2v) is 8.01. The summed E-state index contributed by atoms with van der Waals surface area (Å²) in [5.41, 5.74) is 0.575. The van der Waals surface area contributed by atoms with Crippen LogP contribution in [0.25, 0.3) is 10.9 Å². The molecule has 2 aromatic rings. The van der Waals surface area contributed by atoms with Gasteiger partial charge in [-0.15, -0.1) is 0 Å². The van der Waals surface area contributed by atoms with E-state index in [1.165, 1.54) is 11.8 Å². The molecule has 0 aliphatic carbocycles. The Bertz CT molecular complexity index is 819. The second-order valence-electron chi connectivity index (χ2n) is 5.93. The summed E-state index contributed by atoms with van der Waals surface area (Å²) in [7, 11) is 0. The fraction of sp³-hybridized carbons (Fsp3) is 0.438. The van der Waals surface area contributed by atoms with E-state index in [-0.39, 0.29) is 16.8 Å². The fourth-order valence-electron chi connectivity index (χ4n) is 2.50. The molecule has 0 spiro atoms. The Morgan fingerprint density at radius 3 is 2.87 bits per heavy atom. The third-order valence-electron chi connectivity index (χ3n) is 3.56. The van der Waals surface area contributed by atoms with E-state index in [1.807, 2.05) is 12.1 Å². The minimum atomic E-state index is -0.284. The van der Waals surface area contributed by atoms with Crippen molar-refractivity contribution in [2.75, 3.05) is 6.61 Å². The number of ether oxygens (including phenoxy) is 1. The summed E-state index contributed by atoms with van der Waals surface area (Å²) >= 11 is 4.72. The van der Waals surface area contributed by atoms with Crippen LogP contribution in [0.4, 0.5) is 0 Å². The predicted octanol–water partition coefficient (Wildman–Crippen LogP) is 3.22. The van der Waals surface area contributed by atoms with Gasteiger partial charge in [-0.1, -0.05) is 41.5 Å². The van der Waals surface area contributed by atoms with Crippen LogP contribution in [0.1, 0.15) is 20.3 Å². The molecular weight excluding hydrogens is 380 g/mol. The number of thioether (sulfide) groups is 1. The zero-order valence-electron chi connectivity index (χ0n) is 12.9. The van der Waals surface area contributed by atoms with Gasteiger partial charge in [0.2, 0.25) is 0 Å².